The highest BCUT2D eigenvalue weighted by Gasteiger charge is 2.35. The molecule has 2 aromatic carbocycles. The molecule has 0 bridgehead atoms. The van der Waals surface area contributed by atoms with Gasteiger partial charge in [0, 0.05) is 31.1 Å². The Morgan fingerprint density at radius 1 is 1.20 bits per heavy atom. The van der Waals surface area contributed by atoms with Gasteiger partial charge in [-0.3, -0.25) is 4.79 Å². The van der Waals surface area contributed by atoms with Crippen LogP contribution in [0.5, 0.6) is 0 Å². The predicted octanol–water partition coefficient (Wildman–Crippen LogP) is 2.44. The zero-order chi connectivity index (χ0) is 21.7. The van der Waals surface area contributed by atoms with Gasteiger partial charge in [0.25, 0.3) is 0 Å². The monoisotopic (exact) mass is 433 g/mol. The molecule has 1 fully saturated rings. The number of nitrogens with two attached hydrogens (primary N) is 1. The average molecular weight is 434 g/mol. The van der Waals surface area contributed by atoms with Crippen LogP contribution in [-0.2, 0) is 21.2 Å². The largest absolute Gasteiger partial charge is 0.338 e. The standard InChI is InChI=1S/C22H28FN3O3S/c1-16(25-30(28,29)19-9-3-2-4-10-19)21-12-7-13-26(21)22(27)15-18(24)14-17-8-5-6-11-20(17)23/h2-6,8-11,16,18,21,25H,7,12-15,24H2,1H3/t16-,18-,21+/m1/s1. The molecule has 0 aliphatic carbocycles. The van der Waals surface area contributed by atoms with E-state index in [1.807, 2.05) is 0 Å². The molecule has 1 heterocycles. The fourth-order valence-corrected chi connectivity index (χ4v) is 5.27. The lowest BCUT2D eigenvalue weighted by atomic mass is 10.0. The Bertz CT molecular complexity index is 969. The molecule has 1 aliphatic heterocycles. The van der Waals surface area contributed by atoms with E-state index in [2.05, 4.69) is 4.72 Å². The molecule has 6 nitrogen and oxygen atoms in total. The van der Waals surface area contributed by atoms with Gasteiger partial charge in [-0.1, -0.05) is 36.4 Å². The Kier molecular flexibility index (Phi) is 7.23. The van der Waals surface area contributed by atoms with Crippen molar-refractivity contribution in [2.24, 2.45) is 5.73 Å². The zero-order valence-electron chi connectivity index (χ0n) is 17.0. The maximum Gasteiger partial charge on any atom is 0.240 e. The van der Waals surface area contributed by atoms with Crippen LogP contribution in [0.25, 0.3) is 0 Å². The Balaban J connectivity index is 1.61. The third-order valence-electron chi connectivity index (χ3n) is 5.47. The van der Waals surface area contributed by atoms with Gasteiger partial charge < -0.3 is 10.6 Å². The molecule has 1 saturated heterocycles. The molecule has 1 aliphatic rings. The normalized spacial score (nSPS) is 18.9. The number of halogens is 1. The average Bonchev–Trinajstić information content (AvgIpc) is 3.20. The topological polar surface area (TPSA) is 92.5 Å². The molecule has 3 N–H and O–H groups in total. The molecule has 162 valence electrons. The maximum atomic E-state index is 13.8. The summed E-state index contributed by atoms with van der Waals surface area (Å²) in [6.45, 7) is 2.34. The van der Waals surface area contributed by atoms with Crippen molar-refractivity contribution in [3.05, 3.63) is 66.0 Å². The summed E-state index contributed by atoms with van der Waals surface area (Å²) in [6.07, 6.45) is 1.87. The third-order valence-corrected chi connectivity index (χ3v) is 7.04. The molecule has 30 heavy (non-hydrogen) atoms. The van der Waals surface area contributed by atoms with Crippen LogP contribution in [0.1, 0.15) is 31.7 Å². The second-order valence-corrected chi connectivity index (χ2v) is 9.49. The Morgan fingerprint density at radius 2 is 1.87 bits per heavy atom. The maximum absolute atomic E-state index is 13.8. The number of rotatable bonds is 8. The zero-order valence-corrected chi connectivity index (χ0v) is 17.8. The molecule has 0 unspecified atom stereocenters. The summed E-state index contributed by atoms with van der Waals surface area (Å²) in [4.78, 5) is 14.8. The van der Waals surface area contributed by atoms with E-state index in [1.54, 1.807) is 48.2 Å². The Morgan fingerprint density at radius 3 is 2.57 bits per heavy atom. The highest BCUT2D eigenvalue weighted by Crippen LogP contribution is 2.23. The quantitative estimate of drug-likeness (QED) is 0.669. The fraction of sp³-hybridized carbons (Fsp3) is 0.409. The number of likely N-dealkylation sites (tertiary alicyclic amines) is 1. The molecule has 8 heteroatoms. The molecular formula is C22H28FN3O3S. The van der Waals surface area contributed by atoms with Gasteiger partial charge in [0.2, 0.25) is 15.9 Å². The molecule has 3 rings (SSSR count). The molecule has 2 aromatic rings. The van der Waals surface area contributed by atoms with Crippen molar-refractivity contribution in [1.82, 2.24) is 9.62 Å². The first-order chi connectivity index (χ1) is 14.3. The Hall–Kier alpha value is -2.29. The number of hydrogen-bond donors (Lipinski definition) is 2. The minimum atomic E-state index is -3.67. The number of benzene rings is 2. The van der Waals surface area contributed by atoms with E-state index in [-0.39, 0.29) is 35.5 Å². The first-order valence-electron chi connectivity index (χ1n) is 10.1. The summed E-state index contributed by atoms with van der Waals surface area (Å²) in [5.74, 6) is -0.463. The lowest BCUT2D eigenvalue weighted by Gasteiger charge is -2.31. The molecule has 1 amide bonds. The SMILES string of the molecule is C[C@@H](NS(=O)(=O)c1ccccc1)[C@@H]1CCCN1C(=O)C[C@H](N)Cc1ccccc1F. The van der Waals surface area contributed by atoms with Gasteiger partial charge in [0.1, 0.15) is 5.82 Å². The fourth-order valence-electron chi connectivity index (χ4n) is 3.97. The number of carbonyl (C=O) groups is 1. The van der Waals surface area contributed by atoms with E-state index in [9.17, 15) is 17.6 Å². The number of carbonyl (C=O) groups excluding carboxylic acids is 1. The van der Waals surface area contributed by atoms with E-state index in [1.165, 1.54) is 18.2 Å². The number of amides is 1. The molecule has 0 aromatic heterocycles. The first-order valence-corrected chi connectivity index (χ1v) is 11.6. The summed E-state index contributed by atoms with van der Waals surface area (Å²) < 4.78 is 41.8. The van der Waals surface area contributed by atoms with Gasteiger partial charge in [-0.25, -0.2) is 17.5 Å². The van der Waals surface area contributed by atoms with Crippen LogP contribution in [0, 0.1) is 5.82 Å². The number of nitrogens with zero attached hydrogens (tertiary/aromatic N) is 1. The minimum Gasteiger partial charge on any atom is -0.338 e. The summed E-state index contributed by atoms with van der Waals surface area (Å²) in [6, 6.07) is 13.4. The van der Waals surface area contributed by atoms with Crippen LogP contribution in [0.4, 0.5) is 4.39 Å². The summed E-state index contributed by atoms with van der Waals surface area (Å²) in [5, 5.41) is 0. The molecule has 0 saturated carbocycles. The van der Waals surface area contributed by atoms with Crippen molar-refractivity contribution in [2.45, 2.75) is 55.6 Å². The predicted molar refractivity (Wildman–Crippen MR) is 114 cm³/mol. The highest BCUT2D eigenvalue weighted by molar-refractivity contribution is 7.89. The van der Waals surface area contributed by atoms with Crippen molar-refractivity contribution in [3.63, 3.8) is 0 Å². The second kappa shape index (κ2) is 9.68. The van der Waals surface area contributed by atoms with Gasteiger partial charge >= 0.3 is 0 Å². The van der Waals surface area contributed by atoms with Crippen molar-refractivity contribution < 1.29 is 17.6 Å². The lowest BCUT2D eigenvalue weighted by Crippen LogP contribution is -2.50. The minimum absolute atomic E-state index is 0.0863. The molecule has 0 radical (unpaired) electrons. The molecule has 0 spiro atoms. The smallest absolute Gasteiger partial charge is 0.240 e. The van der Waals surface area contributed by atoms with Crippen LogP contribution in [-0.4, -0.2) is 43.9 Å². The Labute approximate surface area is 177 Å². The first kappa shape index (κ1) is 22.4. The van der Waals surface area contributed by atoms with Crippen LogP contribution >= 0.6 is 0 Å². The van der Waals surface area contributed by atoms with E-state index >= 15 is 0 Å². The second-order valence-electron chi connectivity index (χ2n) is 7.78. The van der Waals surface area contributed by atoms with Gasteiger partial charge in [0.05, 0.1) is 4.90 Å². The van der Waals surface area contributed by atoms with Gasteiger partial charge in [-0.05, 0) is 49.9 Å². The van der Waals surface area contributed by atoms with Crippen LogP contribution < -0.4 is 10.5 Å². The van der Waals surface area contributed by atoms with E-state index in [0.29, 0.717) is 18.5 Å². The van der Waals surface area contributed by atoms with Crippen LogP contribution in [0.15, 0.2) is 59.5 Å². The van der Waals surface area contributed by atoms with Crippen molar-refractivity contribution in [3.8, 4) is 0 Å². The van der Waals surface area contributed by atoms with Crippen LogP contribution in [0.3, 0.4) is 0 Å². The van der Waals surface area contributed by atoms with Gasteiger partial charge in [-0.2, -0.15) is 0 Å². The molecular weight excluding hydrogens is 405 g/mol. The number of sulfonamides is 1. The van der Waals surface area contributed by atoms with E-state index < -0.39 is 22.1 Å². The van der Waals surface area contributed by atoms with Gasteiger partial charge in [-0.15, -0.1) is 0 Å². The third kappa shape index (κ3) is 5.44. The van der Waals surface area contributed by atoms with Gasteiger partial charge in [0.15, 0.2) is 0 Å². The van der Waals surface area contributed by atoms with E-state index in [4.69, 9.17) is 5.73 Å². The molecule has 3 atom stereocenters. The van der Waals surface area contributed by atoms with Crippen LogP contribution in [0.2, 0.25) is 0 Å². The van der Waals surface area contributed by atoms with Crippen molar-refractivity contribution in [1.29, 1.82) is 0 Å². The van der Waals surface area contributed by atoms with Crippen molar-refractivity contribution in [2.75, 3.05) is 6.54 Å². The van der Waals surface area contributed by atoms with E-state index in [0.717, 1.165) is 6.42 Å². The summed E-state index contributed by atoms with van der Waals surface area (Å²) in [7, 11) is -3.67. The number of hydrogen-bond acceptors (Lipinski definition) is 4. The highest BCUT2D eigenvalue weighted by atomic mass is 32.2. The van der Waals surface area contributed by atoms with Crippen molar-refractivity contribution >= 4 is 15.9 Å². The summed E-state index contributed by atoms with van der Waals surface area (Å²) >= 11 is 0. The lowest BCUT2D eigenvalue weighted by molar-refractivity contribution is -0.132. The summed E-state index contributed by atoms with van der Waals surface area (Å²) in [5.41, 5.74) is 6.60. The number of nitrogens with one attached hydrogen (secondary N) is 1.